The number of nitriles is 1. The predicted octanol–water partition coefficient (Wildman–Crippen LogP) is 4.90. The number of amides is 1. The van der Waals surface area contributed by atoms with Crippen molar-refractivity contribution in [3.63, 3.8) is 0 Å². The van der Waals surface area contributed by atoms with Crippen molar-refractivity contribution in [1.82, 2.24) is 9.55 Å². The highest BCUT2D eigenvalue weighted by atomic mass is 32.2. The Morgan fingerprint density at radius 3 is 2.51 bits per heavy atom. The molecule has 3 aromatic carbocycles. The van der Waals surface area contributed by atoms with Gasteiger partial charge in [-0.1, -0.05) is 43.7 Å². The van der Waals surface area contributed by atoms with Crippen LogP contribution in [0.25, 0.3) is 11.1 Å². The number of nitrogens with two attached hydrogens (primary N) is 1. The average Bonchev–Trinajstić information content (AvgIpc) is 3.83. The van der Waals surface area contributed by atoms with E-state index in [0.29, 0.717) is 35.1 Å². The summed E-state index contributed by atoms with van der Waals surface area (Å²) >= 11 is 0. The van der Waals surface area contributed by atoms with Gasteiger partial charge in [0.15, 0.2) is 4.90 Å². The minimum absolute atomic E-state index is 0.0309. The molecule has 3 N–H and O–H groups in total. The molecule has 0 bridgehead atoms. The van der Waals surface area contributed by atoms with Gasteiger partial charge in [0.2, 0.25) is 21.6 Å². The van der Waals surface area contributed by atoms with Crippen molar-refractivity contribution >= 4 is 15.7 Å². The van der Waals surface area contributed by atoms with E-state index in [0.717, 1.165) is 31.4 Å². The summed E-state index contributed by atoms with van der Waals surface area (Å²) in [6.45, 7) is 1.97. The number of benzene rings is 3. The molecule has 0 aliphatic heterocycles. The Morgan fingerprint density at radius 1 is 1.16 bits per heavy atom. The van der Waals surface area contributed by atoms with Crippen LogP contribution in [-0.2, 0) is 16.3 Å². The number of nitrogens with zero attached hydrogens (tertiary/aromatic N) is 3. The highest BCUT2D eigenvalue weighted by molar-refractivity contribution is 7.91. The van der Waals surface area contributed by atoms with Crippen LogP contribution in [0.2, 0.25) is 0 Å². The summed E-state index contributed by atoms with van der Waals surface area (Å²) in [5.41, 5.74) is 6.23. The van der Waals surface area contributed by atoms with Gasteiger partial charge in [-0.05, 0) is 78.3 Å². The summed E-state index contributed by atoms with van der Waals surface area (Å²) in [4.78, 5) is 29.2. The van der Waals surface area contributed by atoms with Gasteiger partial charge in [0.25, 0.3) is 5.56 Å². The second-order valence-corrected chi connectivity index (χ2v) is 12.4. The lowest BCUT2D eigenvalue weighted by Gasteiger charge is -2.24. The van der Waals surface area contributed by atoms with Gasteiger partial charge in [-0.3, -0.25) is 14.2 Å². The molecule has 4 aromatic rings. The SMILES string of the molecule is CCCCc1nc(O)c(S(=O)(=O)c2ccc(-c3ccc(F)cc3C(N)=O)cc2)c(=O)n1[C@H](c1cccc(C#N)c1)C1CC1. The van der Waals surface area contributed by atoms with Crippen molar-refractivity contribution < 1.29 is 22.7 Å². The second kappa shape index (κ2) is 11.8. The van der Waals surface area contributed by atoms with Crippen LogP contribution >= 0.6 is 0 Å². The zero-order chi connectivity index (χ0) is 30.9. The zero-order valence-electron chi connectivity index (χ0n) is 23.3. The number of carbonyl (C=O) groups excluding carboxylic acids is 1. The van der Waals surface area contributed by atoms with Gasteiger partial charge in [-0.2, -0.15) is 10.2 Å². The van der Waals surface area contributed by atoms with E-state index in [1.54, 1.807) is 24.3 Å². The summed E-state index contributed by atoms with van der Waals surface area (Å²) in [5, 5.41) is 20.4. The molecule has 0 radical (unpaired) electrons. The van der Waals surface area contributed by atoms with E-state index in [4.69, 9.17) is 5.73 Å². The summed E-state index contributed by atoms with van der Waals surface area (Å²) in [6.07, 6.45) is 3.40. The highest BCUT2D eigenvalue weighted by Crippen LogP contribution is 2.44. The molecule has 1 fully saturated rings. The molecule has 1 heterocycles. The van der Waals surface area contributed by atoms with Crippen molar-refractivity contribution in [1.29, 1.82) is 5.26 Å². The van der Waals surface area contributed by atoms with Gasteiger partial charge >= 0.3 is 0 Å². The molecule has 0 saturated heterocycles. The van der Waals surface area contributed by atoms with E-state index in [1.807, 2.05) is 6.92 Å². The van der Waals surface area contributed by atoms with Crippen LogP contribution in [0.15, 0.2) is 81.3 Å². The number of rotatable bonds is 10. The van der Waals surface area contributed by atoms with E-state index < -0.39 is 43.9 Å². The molecule has 5 rings (SSSR count). The van der Waals surface area contributed by atoms with Crippen LogP contribution in [0.3, 0.4) is 0 Å². The monoisotopic (exact) mass is 600 g/mol. The third-order valence-electron chi connectivity index (χ3n) is 7.58. The Kier molecular flexibility index (Phi) is 8.15. The second-order valence-electron chi connectivity index (χ2n) is 10.6. The Balaban J connectivity index is 1.65. The van der Waals surface area contributed by atoms with Gasteiger partial charge in [0.1, 0.15) is 11.6 Å². The van der Waals surface area contributed by atoms with Crippen molar-refractivity contribution in [2.24, 2.45) is 11.7 Å². The summed E-state index contributed by atoms with van der Waals surface area (Å²) in [5.74, 6) is -2.08. The first-order valence-electron chi connectivity index (χ1n) is 13.9. The van der Waals surface area contributed by atoms with Gasteiger partial charge in [0, 0.05) is 12.0 Å². The van der Waals surface area contributed by atoms with Gasteiger partial charge in [-0.25, -0.2) is 12.8 Å². The van der Waals surface area contributed by atoms with Gasteiger partial charge < -0.3 is 10.8 Å². The molecule has 0 spiro atoms. The summed E-state index contributed by atoms with van der Waals surface area (Å²) in [7, 11) is -4.58. The third-order valence-corrected chi connectivity index (χ3v) is 9.37. The average molecular weight is 601 g/mol. The van der Waals surface area contributed by atoms with Gasteiger partial charge in [0.05, 0.1) is 22.6 Å². The highest BCUT2D eigenvalue weighted by Gasteiger charge is 2.38. The Bertz CT molecular complexity index is 1930. The molecule has 220 valence electrons. The van der Waals surface area contributed by atoms with Crippen LogP contribution in [0.5, 0.6) is 5.88 Å². The standard InChI is InChI=1S/C32H29FN4O5S/c1-2-3-7-27-36-31(39)29(32(40)37(27)28(21-8-9-21)22-6-4-5-19(16-22)18-34)43(41,42)24-13-10-20(11-14-24)25-15-12-23(33)17-26(25)30(35)38/h4-6,10-17,21,28,39H,2-3,7-9H2,1H3,(H2,35,38)/t28-/m0/s1. The van der Waals surface area contributed by atoms with Crippen molar-refractivity contribution in [3.05, 3.63) is 105 Å². The zero-order valence-corrected chi connectivity index (χ0v) is 24.1. The van der Waals surface area contributed by atoms with E-state index in [-0.39, 0.29) is 22.2 Å². The molecule has 11 heteroatoms. The first kappa shape index (κ1) is 29.7. The van der Waals surface area contributed by atoms with E-state index in [1.165, 1.54) is 34.9 Å². The number of aromatic nitrogens is 2. The molecule has 1 aromatic heterocycles. The number of hydrogen-bond donors (Lipinski definition) is 2. The number of carbonyl (C=O) groups is 1. The Morgan fingerprint density at radius 2 is 1.88 bits per heavy atom. The number of aromatic hydroxyl groups is 1. The normalized spacial score (nSPS) is 13.8. The molecule has 9 nitrogen and oxygen atoms in total. The lowest BCUT2D eigenvalue weighted by atomic mass is 9.99. The number of aryl methyl sites for hydroxylation is 1. The molecule has 1 amide bonds. The molecule has 1 atom stereocenters. The topological polar surface area (TPSA) is 156 Å². The van der Waals surface area contributed by atoms with Crippen LogP contribution < -0.4 is 11.3 Å². The molecule has 1 aliphatic rings. The maximum atomic E-state index is 14.2. The summed E-state index contributed by atoms with van der Waals surface area (Å²) in [6, 6.07) is 17.2. The smallest absolute Gasteiger partial charge is 0.277 e. The molecule has 1 saturated carbocycles. The summed E-state index contributed by atoms with van der Waals surface area (Å²) < 4.78 is 42.9. The van der Waals surface area contributed by atoms with Crippen molar-refractivity contribution in [2.45, 2.75) is 54.9 Å². The van der Waals surface area contributed by atoms with E-state index >= 15 is 0 Å². The Hall–Kier alpha value is -4.82. The number of halogens is 1. The predicted molar refractivity (Wildman–Crippen MR) is 157 cm³/mol. The number of primary amides is 1. The number of unbranched alkanes of at least 4 members (excludes halogenated alkanes) is 1. The molecular weight excluding hydrogens is 571 g/mol. The quantitative estimate of drug-likeness (QED) is 0.262. The fourth-order valence-electron chi connectivity index (χ4n) is 5.32. The maximum absolute atomic E-state index is 14.2. The minimum Gasteiger partial charge on any atom is -0.492 e. The Labute approximate surface area is 248 Å². The third kappa shape index (κ3) is 5.79. The molecule has 1 aliphatic carbocycles. The number of sulfone groups is 1. The fourth-order valence-corrected chi connectivity index (χ4v) is 6.67. The lowest BCUT2D eigenvalue weighted by Crippen LogP contribution is -2.34. The van der Waals surface area contributed by atoms with E-state index in [9.17, 15) is 32.8 Å². The molecular formula is C32H29FN4O5S. The molecule has 43 heavy (non-hydrogen) atoms. The van der Waals surface area contributed by atoms with Crippen LogP contribution in [0, 0.1) is 23.1 Å². The number of hydrogen-bond acceptors (Lipinski definition) is 7. The van der Waals surface area contributed by atoms with Crippen LogP contribution in [0.1, 0.15) is 66.0 Å². The van der Waals surface area contributed by atoms with Crippen molar-refractivity contribution in [3.8, 4) is 23.1 Å². The maximum Gasteiger partial charge on any atom is 0.277 e. The lowest BCUT2D eigenvalue weighted by molar-refractivity contribution is 0.100. The minimum atomic E-state index is -4.58. The van der Waals surface area contributed by atoms with Crippen LogP contribution in [-0.4, -0.2) is 29.0 Å². The van der Waals surface area contributed by atoms with Crippen LogP contribution in [0.4, 0.5) is 4.39 Å². The largest absolute Gasteiger partial charge is 0.492 e. The molecule has 0 unspecified atom stereocenters. The first-order valence-corrected chi connectivity index (χ1v) is 15.3. The van der Waals surface area contributed by atoms with Gasteiger partial charge in [-0.15, -0.1) is 0 Å². The van der Waals surface area contributed by atoms with Crippen molar-refractivity contribution in [2.75, 3.05) is 0 Å². The fraction of sp³-hybridized carbons (Fsp3) is 0.250. The first-order chi connectivity index (χ1) is 20.6. The van der Waals surface area contributed by atoms with E-state index in [2.05, 4.69) is 11.1 Å².